The first-order valence-electron chi connectivity index (χ1n) is 5.51. The molecule has 7 nitrogen and oxygen atoms in total. The van der Waals surface area contributed by atoms with E-state index in [1.807, 2.05) is 24.4 Å². The number of rotatable bonds is 6. The fourth-order valence-electron chi connectivity index (χ4n) is 1.47. The minimum atomic E-state index is -0.929. The van der Waals surface area contributed by atoms with Crippen LogP contribution in [0.25, 0.3) is 5.65 Å². The van der Waals surface area contributed by atoms with E-state index in [4.69, 9.17) is 5.11 Å². The van der Waals surface area contributed by atoms with Gasteiger partial charge < -0.3 is 10.4 Å². The third-order valence-corrected chi connectivity index (χ3v) is 3.20. The Bertz CT molecular complexity index is 598. The van der Waals surface area contributed by atoms with Gasteiger partial charge in [-0.05, 0) is 12.1 Å². The molecular weight excluding hydrogens is 268 g/mol. The fourth-order valence-corrected chi connectivity index (χ4v) is 2.04. The molecule has 0 unspecified atom stereocenters. The molecule has 0 aromatic carbocycles. The number of aromatic nitrogens is 3. The zero-order valence-corrected chi connectivity index (χ0v) is 10.8. The Kier molecular flexibility index (Phi) is 4.35. The van der Waals surface area contributed by atoms with E-state index < -0.39 is 5.97 Å². The first kappa shape index (κ1) is 13.3. The zero-order chi connectivity index (χ0) is 13.7. The Morgan fingerprint density at radius 3 is 2.95 bits per heavy atom. The zero-order valence-electron chi connectivity index (χ0n) is 9.94. The van der Waals surface area contributed by atoms with Crippen molar-refractivity contribution in [1.82, 2.24) is 19.9 Å². The molecule has 0 aliphatic carbocycles. The molecule has 0 saturated carbocycles. The number of thioether (sulfide) groups is 1. The molecule has 0 spiro atoms. The summed E-state index contributed by atoms with van der Waals surface area (Å²) < 4.78 is 1.78. The monoisotopic (exact) mass is 280 g/mol. The van der Waals surface area contributed by atoms with Crippen LogP contribution < -0.4 is 5.32 Å². The maximum absolute atomic E-state index is 11.5. The number of aliphatic carboxylic acids is 1. The van der Waals surface area contributed by atoms with E-state index in [9.17, 15) is 9.59 Å². The number of carbonyl (C=O) groups is 2. The predicted molar refractivity (Wildman–Crippen MR) is 69.8 cm³/mol. The van der Waals surface area contributed by atoms with Gasteiger partial charge in [0.2, 0.25) is 5.91 Å². The molecule has 2 aromatic rings. The number of pyridine rings is 1. The minimum Gasteiger partial charge on any atom is -0.481 e. The normalized spacial score (nSPS) is 10.5. The second kappa shape index (κ2) is 6.19. The molecule has 2 aromatic heterocycles. The van der Waals surface area contributed by atoms with Gasteiger partial charge in [0.15, 0.2) is 11.5 Å². The van der Waals surface area contributed by atoms with Gasteiger partial charge in [-0.2, -0.15) is 0 Å². The van der Waals surface area contributed by atoms with Crippen molar-refractivity contribution in [3.05, 3.63) is 30.2 Å². The highest BCUT2D eigenvalue weighted by molar-refractivity contribution is 8.00. The maximum Gasteiger partial charge on any atom is 0.313 e. The summed E-state index contributed by atoms with van der Waals surface area (Å²) in [4.78, 5) is 21.8. The minimum absolute atomic E-state index is 0.0821. The highest BCUT2D eigenvalue weighted by Gasteiger charge is 2.07. The van der Waals surface area contributed by atoms with Gasteiger partial charge in [0.05, 0.1) is 18.1 Å². The molecule has 0 fully saturated rings. The number of hydrogen-bond donors (Lipinski definition) is 2. The van der Waals surface area contributed by atoms with Crippen LogP contribution in [0.4, 0.5) is 0 Å². The molecule has 2 heterocycles. The lowest BCUT2D eigenvalue weighted by Gasteiger charge is -2.03. The Labute approximate surface area is 113 Å². The van der Waals surface area contributed by atoms with Crippen molar-refractivity contribution in [2.45, 2.75) is 6.54 Å². The lowest BCUT2D eigenvalue weighted by Crippen LogP contribution is -2.26. The molecule has 0 aliphatic heterocycles. The third-order valence-electron chi connectivity index (χ3n) is 2.29. The Morgan fingerprint density at radius 2 is 2.16 bits per heavy atom. The second-order valence-electron chi connectivity index (χ2n) is 3.71. The summed E-state index contributed by atoms with van der Waals surface area (Å²) in [5.41, 5.74) is 0.715. The van der Waals surface area contributed by atoms with Gasteiger partial charge in [-0.25, -0.2) is 0 Å². The Morgan fingerprint density at radius 1 is 1.32 bits per heavy atom. The first-order valence-corrected chi connectivity index (χ1v) is 6.67. The smallest absolute Gasteiger partial charge is 0.313 e. The van der Waals surface area contributed by atoms with Crippen LogP contribution in [0, 0.1) is 0 Å². The van der Waals surface area contributed by atoms with Crippen LogP contribution in [0.15, 0.2) is 24.4 Å². The summed E-state index contributed by atoms with van der Waals surface area (Å²) in [6, 6.07) is 5.53. The number of amides is 1. The van der Waals surface area contributed by atoms with Crippen LogP contribution >= 0.6 is 11.8 Å². The molecule has 0 radical (unpaired) electrons. The SMILES string of the molecule is O=C(O)CSCC(=O)NCc1nnc2ccccn12. The maximum atomic E-state index is 11.5. The van der Waals surface area contributed by atoms with Gasteiger partial charge in [0.25, 0.3) is 0 Å². The predicted octanol–water partition coefficient (Wildman–Crippen LogP) is 0.163. The lowest BCUT2D eigenvalue weighted by molar-refractivity contribution is -0.133. The molecule has 1 amide bonds. The summed E-state index contributed by atoms with van der Waals surface area (Å²) in [6.45, 7) is 0.262. The van der Waals surface area contributed by atoms with Crippen molar-refractivity contribution < 1.29 is 14.7 Å². The summed E-state index contributed by atoms with van der Waals surface area (Å²) in [5, 5.41) is 19.1. The standard InChI is InChI=1S/C11H12N4O3S/c16-10(6-19-7-11(17)18)12-5-9-14-13-8-3-1-2-4-15(8)9/h1-4H,5-7H2,(H,12,16)(H,17,18). The average molecular weight is 280 g/mol. The van der Waals surface area contributed by atoms with Crippen LogP contribution in [0.5, 0.6) is 0 Å². The van der Waals surface area contributed by atoms with Gasteiger partial charge in [-0.15, -0.1) is 22.0 Å². The molecular formula is C11H12N4O3S. The van der Waals surface area contributed by atoms with E-state index in [0.717, 1.165) is 11.8 Å². The molecule has 0 aliphatic rings. The fraction of sp³-hybridized carbons (Fsp3) is 0.273. The number of carbonyl (C=O) groups excluding carboxylic acids is 1. The summed E-state index contributed by atoms with van der Waals surface area (Å²) in [5.74, 6) is -0.489. The summed E-state index contributed by atoms with van der Waals surface area (Å²) >= 11 is 1.06. The molecule has 2 rings (SSSR count). The largest absolute Gasteiger partial charge is 0.481 e. The molecule has 100 valence electrons. The quantitative estimate of drug-likeness (QED) is 0.782. The van der Waals surface area contributed by atoms with Gasteiger partial charge >= 0.3 is 5.97 Å². The van der Waals surface area contributed by atoms with Crippen LogP contribution in [0.1, 0.15) is 5.82 Å². The number of carboxylic acids is 1. The van der Waals surface area contributed by atoms with Gasteiger partial charge in [0, 0.05) is 6.20 Å². The molecule has 2 N–H and O–H groups in total. The van der Waals surface area contributed by atoms with E-state index in [1.54, 1.807) is 4.40 Å². The van der Waals surface area contributed by atoms with Crippen molar-refractivity contribution in [1.29, 1.82) is 0 Å². The first-order chi connectivity index (χ1) is 9.16. The highest BCUT2D eigenvalue weighted by Crippen LogP contribution is 2.03. The lowest BCUT2D eigenvalue weighted by atomic mass is 10.4. The van der Waals surface area contributed by atoms with E-state index in [-0.39, 0.29) is 24.0 Å². The van der Waals surface area contributed by atoms with Gasteiger partial charge in [0.1, 0.15) is 0 Å². The van der Waals surface area contributed by atoms with Crippen LogP contribution in [0.3, 0.4) is 0 Å². The molecule has 0 bridgehead atoms. The third kappa shape index (κ3) is 3.68. The summed E-state index contributed by atoms with van der Waals surface area (Å²) in [7, 11) is 0. The average Bonchev–Trinajstić information content (AvgIpc) is 2.79. The molecule has 8 heteroatoms. The molecule has 0 saturated heterocycles. The van der Waals surface area contributed by atoms with E-state index in [2.05, 4.69) is 15.5 Å². The number of carboxylic acid groups (broad SMARTS) is 1. The van der Waals surface area contributed by atoms with Crippen molar-refractivity contribution in [3.63, 3.8) is 0 Å². The van der Waals surface area contributed by atoms with Crippen molar-refractivity contribution in [2.75, 3.05) is 11.5 Å². The highest BCUT2D eigenvalue weighted by atomic mass is 32.2. The molecule has 19 heavy (non-hydrogen) atoms. The van der Waals surface area contributed by atoms with E-state index >= 15 is 0 Å². The molecule has 0 atom stereocenters. The number of fused-ring (bicyclic) bond motifs is 1. The Balaban J connectivity index is 1.85. The Hall–Kier alpha value is -2.09. The number of nitrogens with zero attached hydrogens (tertiary/aromatic N) is 3. The second-order valence-corrected chi connectivity index (χ2v) is 4.69. The van der Waals surface area contributed by atoms with E-state index in [0.29, 0.717) is 11.5 Å². The van der Waals surface area contributed by atoms with Crippen LogP contribution in [0.2, 0.25) is 0 Å². The van der Waals surface area contributed by atoms with Crippen molar-refractivity contribution >= 4 is 29.3 Å². The number of nitrogens with one attached hydrogen (secondary N) is 1. The number of hydrogen-bond acceptors (Lipinski definition) is 5. The summed E-state index contributed by atoms with van der Waals surface area (Å²) in [6.07, 6.45) is 1.82. The topological polar surface area (TPSA) is 96.6 Å². The van der Waals surface area contributed by atoms with Crippen LogP contribution in [-0.4, -0.2) is 43.1 Å². The van der Waals surface area contributed by atoms with Gasteiger partial charge in [-0.3, -0.25) is 14.0 Å². The van der Waals surface area contributed by atoms with E-state index in [1.165, 1.54) is 0 Å². The van der Waals surface area contributed by atoms with Crippen molar-refractivity contribution in [2.24, 2.45) is 0 Å². The van der Waals surface area contributed by atoms with Gasteiger partial charge in [-0.1, -0.05) is 6.07 Å². The van der Waals surface area contributed by atoms with Crippen LogP contribution in [-0.2, 0) is 16.1 Å². The van der Waals surface area contributed by atoms with Crippen molar-refractivity contribution in [3.8, 4) is 0 Å².